The fourth-order valence-corrected chi connectivity index (χ4v) is 2.18. The summed E-state index contributed by atoms with van der Waals surface area (Å²) in [5.41, 5.74) is 7.73. The van der Waals surface area contributed by atoms with Crippen molar-refractivity contribution in [1.29, 1.82) is 0 Å². The third kappa shape index (κ3) is 3.41. The van der Waals surface area contributed by atoms with Crippen molar-refractivity contribution in [2.45, 2.75) is 19.9 Å². The van der Waals surface area contributed by atoms with Crippen LogP contribution in [0, 0.1) is 0 Å². The number of hydrogen-bond acceptors (Lipinski definition) is 3. The molecule has 0 unspecified atom stereocenters. The average Bonchev–Trinajstić information content (AvgIpc) is 2.52. The zero-order valence-corrected chi connectivity index (χ0v) is 12.1. The minimum absolute atomic E-state index is 0.00202. The molecule has 0 heterocycles. The second-order valence-corrected chi connectivity index (χ2v) is 4.84. The van der Waals surface area contributed by atoms with Gasteiger partial charge in [0.05, 0.1) is 5.56 Å². The van der Waals surface area contributed by atoms with Crippen LogP contribution in [-0.2, 0) is 6.54 Å². The lowest BCUT2D eigenvalue weighted by atomic mass is 10.1. The maximum absolute atomic E-state index is 12.7. The molecule has 0 aliphatic heterocycles. The normalized spacial score (nSPS) is 10.4. The van der Waals surface area contributed by atoms with Crippen molar-refractivity contribution in [1.82, 2.24) is 0 Å². The summed E-state index contributed by atoms with van der Waals surface area (Å²) in [5.74, 6) is -0.197. The molecule has 3 N–H and O–H groups in total. The number of hydrogen-bond donors (Lipinski definition) is 2. The summed E-state index contributed by atoms with van der Waals surface area (Å²) in [7, 11) is 0. The van der Waals surface area contributed by atoms with Crippen LogP contribution in [0.3, 0.4) is 0 Å². The Labute approximate surface area is 124 Å². The number of rotatable bonds is 5. The Kier molecular flexibility index (Phi) is 4.95. The Morgan fingerprint density at radius 1 is 1.14 bits per heavy atom. The number of para-hydroxylation sites is 1. The highest BCUT2D eigenvalue weighted by molar-refractivity contribution is 6.07. The first-order valence-corrected chi connectivity index (χ1v) is 7.06. The van der Waals surface area contributed by atoms with Gasteiger partial charge in [-0.15, -0.1) is 0 Å². The molecule has 1 amide bonds. The minimum Gasteiger partial charge on any atom is -0.507 e. The summed E-state index contributed by atoms with van der Waals surface area (Å²) in [6.07, 6.45) is 0.831. The minimum atomic E-state index is -0.199. The maximum atomic E-state index is 12.7. The SMILES string of the molecule is CCCN(C(=O)c1ccccc1O)c1ccc(CN)cc1. The van der Waals surface area contributed by atoms with Crippen molar-refractivity contribution in [3.05, 3.63) is 59.7 Å². The first kappa shape index (κ1) is 15.1. The Bertz CT molecular complexity index is 608. The van der Waals surface area contributed by atoms with Crippen molar-refractivity contribution >= 4 is 11.6 Å². The number of anilines is 1. The van der Waals surface area contributed by atoms with E-state index in [1.807, 2.05) is 31.2 Å². The molecule has 110 valence electrons. The number of nitrogens with zero attached hydrogens (tertiary/aromatic N) is 1. The summed E-state index contributed by atoms with van der Waals surface area (Å²) in [4.78, 5) is 14.3. The van der Waals surface area contributed by atoms with E-state index in [0.29, 0.717) is 18.7 Å². The third-order valence-corrected chi connectivity index (χ3v) is 3.31. The number of amides is 1. The van der Waals surface area contributed by atoms with Gasteiger partial charge in [0.2, 0.25) is 0 Å². The number of carbonyl (C=O) groups excluding carboxylic acids is 1. The summed E-state index contributed by atoms with van der Waals surface area (Å²) in [6, 6.07) is 14.2. The molecule has 0 fully saturated rings. The first-order valence-electron chi connectivity index (χ1n) is 7.06. The lowest BCUT2D eigenvalue weighted by Gasteiger charge is -2.23. The molecule has 0 aromatic heterocycles. The lowest BCUT2D eigenvalue weighted by Crippen LogP contribution is -2.31. The highest BCUT2D eigenvalue weighted by Crippen LogP contribution is 2.23. The van der Waals surface area contributed by atoms with E-state index in [4.69, 9.17) is 5.73 Å². The first-order chi connectivity index (χ1) is 10.2. The van der Waals surface area contributed by atoms with E-state index in [0.717, 1.165) is 17.7 Å². The third-order valence-electron chi connectivity index (χ3n) is 3.31. The lowest BCUT2D eigenvalue weighted by molar-refractivity contribution is 0.0984. The topological polar surface area (TPSA) is 66.6 Å². The van der Waals surface area contributed by atoms with Crippen LogP contribution in [0.25, 0.3) is 0 Å². The van der Waals surface area contributed by atoms with Gasteiger partial charge in [-0.3, -0.25) is 4.79 Å². The molecule has 4 heteroatoms. The van der Waals surface area contributed by atoms with Crippen molar-refractivity contribution < 1.29 is 9.90 Å². The van der Waals surface area contributed by atoms with Crippen molar-refractivity contribution in [2.24, 2.45) is 5.73 Å². The molecular formula is C17H20N2O2. The molecule has 0 saturated heterocycles. The molecule has 2 aromatic rings. The molecule has 0 bridgehead atoms. The number of carbonyl (C=O) groups is 1. The highest BCUT2D eigenvalue weighted by atomic mass is 16.3. The Morgan fingerprint density at radius 3 is 2.38 bits per heavy atom. The van der Waals surface area contributed by atoms with Gasteiger partial charge in [0, 0.05) is 18.8 Å². The van der Waals surface area contributed by atoms with E-state index in [1.54, 1.807) is 23.1 Å². The van der Waals surface area contributed by atoms with Gasteiger partial charge in [-0.1, -0.05) is 31.2 Å². The van der Waals surface area contributed by atoms with E-state index in [9.17, 15) is 9.90 Å². The molecule has 0 aliphatic carbocycles. The Balaban J connectivity index is 2.33. The van der Waals surface area contributed by atoms with E-state index in [-0.39, 0.29) is 11.7 Å². The van der Waals surface area contributed by atoms with Crippen LogP contribution in [0.15, 0.2) is 48.5 Å². The largest absolute Gasteiger partial charge is 0.507 e. The van der Waals surface area contributed by atoms with Gasteiger partial charge in [-0.25, -0.2) is 0 Å². The number of benzene rings is 2. The molecule has 0 aliphatic rings. The second-order valence-electron chi connectivity index (χ2n) is 4.84. The van der Waals surface area contributed by atoms with Crippen molar-refractivity contribution in [3.63, 3.8) is 0 Å². The second kappa shape index (κ2) is 6.90. The predicted molar refractivity (Wildman–Crippen MR) is 84.4 cm³/mol. The van der Waals surface area contributed by atoms with Gasteiger partial charge in [0.1, 0.15) is 5.75 Å². The molecule has 21 heavy (non-hydrogen) atoms. The van der Waals surface area contributed by atoms with E-state index in [1.165, 1.54) is 6.07 Å². The predicted octanol–water partition coefficient (Wildman–Crippen LogP) is 2.91. The molecule has 0 radical (unpaired) electrons. The summed E-state index contributed by atoms with van der Waals surface area (Å²) >= 11 is 0. The molecule has 4 nitrogen and oxygen atoms in total. The highest BCUT2D eigenvalue weighted by Gasteiger charge is 2.19. The number of nitrogens with two attached hydrogens (primary N) is 1. The fraction of sp³-hybridized carbons (Fsp3) is 0.235. The molecule has 0 spiro atoms. The smallest absolute Gasteiger partial charge is 0.262 e. The number of phenols is 1. The van der Waals surface area contributed by atoms with Crippen molar-refractivity contribution in [3.8, 4) is 5.75 Å². The zero-order chi connectivity index (χ0) is 15.2. The van der Waals surface area contributed by atoms with Gasteiger partial charge in [0.15, 0.2) is 0 Å². The van der Waals surface area contributed by atoms with Crippen LogP contribution in [0.5, 0.6) is 5.75 Å². The van der Waals surface area contributed by atoms with Crippen molar-refractivity contribution in [2.75, 3.05) is 11.4 Å². The molecule has 2 rings (SSSR count). The van der Waals surface area contributed by atoms with Crippen LogP contribution in [0.4, 0.5) is 5.69 Å². The average molecular weight is 284 g/mol. The van der Waals surface area contributed by atoms with E-state index in [2.05, 4.69) is 0 Å². The van der Waals surface area contributed by atoms with Crippen LogP contribution in [0.2, 0.25) is 0 Å². The Hall–Kier alpha value is -2.33. The maximum Gasteiger partial charge on any atom is 0.262 e. The van der Waals surface area contributed by atoms with Gasteiger partial charge in [-0.2, -0.15) is 0 Å². The summed E-state index contributed by atoms with van der Waals surface area (Å²) < 4.78 is 0. The molecular weight excluding hydrogens is 264 g/mol. The monoisotopic (exact) mass is 284 g/mol. The van der Waals surface area contributed by atoms with Crippen LogP contribution < -0.4 is 10.6 Å². The quantitative estimate of drug-likeness (QED) is 0.887. The molecule has 0 atom stereocenters. The van der Waals surface area contributed by atoms with Crippen LogP contribution in [0.1, 0.15) is 29.3 Å². The number of aromatic hydroxyl groups is 1. The number of phenolic OH excluding ortho intramolecular Hbond substituents is 1. The standard InChI is InChI=1S/C17H20N2O2/c1-2-11-19(14-9-7-13(12-18)8-10-14)17(21)15-5-3-4-6-16(15)20/h3-10,20H,2,11-12,18H2,1H3. The van der Waals surface area contributed by atoms with Crippen LogP contribution >= 0.6 is 0 Å². The van der Waals surface area contributed by atoms with Crippen LogP contribution in [-0.4, -0.2) is 17.6 Å². The zero-order valence-electron chi connectivity index (χ0n) is 12.1. The summed E-state index contributed by atoms with van der Waals surface area (Å²) in [5, 5.41) is 9.86. The van der Waals surface area contributed by atoms with Gasteiger partial charge < -0.3 is 15.7 Å². The van der Waals surface area contributed by atoms with Gasteiger partial charge in [0.25, 0.3) is 5.91 Å². The molecule has 2 aromatic carbocycles. The van der Waals surface area contributed by atoms with E-state index >= 15 is 0 Å². The fourth-order valence-electron chi connectivity index (χ4n) is 2.18. The van der Waals surface area contributed by atoms with E-state index < -0.39 is 0 Å². The van der Waals surface area contributed by atoms with Gasteiger partial charge in [-0.05, 0) is 36.2 Å². The van der Waals surface area contributed by atoms with Gasteiger partial charge >= 0.3 is 0 Å². The Morgan fingerprint density at radius 2 is 1.81 bits per heavy atom. The summed E-state index contributed by atoms with van der Waals surface area (Å²) in [6.45, 7) is 3.08. The molecule has 0 saturated carbocycles.